The fourth-order valence-electron chi connectivity index (χ4n) is 1.26. The topological polar surface area (TPSA) is 62.4 Å². The van der Waals surface area contributed by atoms with Crippen molar-refractivity contribution in [2.75, 3.05) is 18.6 Å². The lowest BCUT2D eigenvalue weighted by molar-refractivity contribution is 0.270. The third-order valence-corrected chi connectivity index (χ3v) is 2.58. The van der Waals surface area contributed by atoms with E-state index in [-0.39, 0.29) is 18.7 Å². The van der Waals surface area contributed by atoms with Crippen molar-refractivity contribution in [3.63, 3.8) is 0 Å². The molecule has 3 N–H and O–H groups in total. The molecule has 1 aromatic heterocycles. The van der Waals surface area contributed by atoms with Crippen LogP contribution in [-0.4, -0.2) is 29.8 Å². The van der Waals surface area contributed by atoms with Gasteiger partial charge in [0.15, 0.2) is 0 Å². The standard InChI is InChI=1S/C11H19N3O/c1-8(7-15)14(3)11-6-10(9(2)12)4-5-13-11/h4-6,8-9,15H,7,12H2,1-3H3. The van der Waals surface area contributed by atoms with Crippen LogP contribution in [0, 0.1) is 0 Å². The summed E-state index contributed by atoms with van der Waals surface area (Å²) >= 11 is 0. The van der Waals surface area contributed by atoms with Gasteiger partial charge in [-0.1, -0.05) is 0 Å². The van der Waals surface area contributed by atoms with Crippen molar-refractivity contribution in [1.29, 1.82) is 0 Å². The van der Waals surface area contributed by atoms with Crippen molar-refractivity contribution in [3.05, 3.63) is 23.9 Å². The van der Waals surface area contributed by atoms with Crippen molar-refractivity contribution in [2.24, 2.45) is 5.73 Å². The van der Waals surface area contributed by atoms with E-state index in [4.69, 9.17) is 10.8 Å². The fourth-order valence-corrected chi connectivity index (χ4v) is 1.26. The molecule has 2 unspecified atom stereocenters. The molecule has 15 heavy (non-hydrogen) atoms. The Balaban J connectivity index is 2.90. The fraction of sp³-hybridized carbons (Fsp3) is 0.545. The summed E-state index contributed by atoms with van der Waals surface area (Å²) in [6.45, 7) is 4.00. The Hall–Kier alpha value is -1.13. The number of anilines is 1. The molecule has 84 valence electrons. The molecule has 0 amide bonds. The molecule has 0 aliphatic rings. The second-order valence-corrected chi connectivity index (χ2v) is 3.88. The largest absolute Gasteiger partial charge is 0.394 e. The molecule has 2 atom stereocenters. The van der Waals surface area contributed by atoms with Crippen LogP contribution in [0.25, 0.3) is 0 Å². The highest BCUT2D eigenvalue weighted by Gasteiger charge is 2.10. The summed E-state index contributed by atoms with van der Waals surface area (Å²) in [5, 5.41) is 9.05. The van der Waals surface area contributed by atoms with Crippen LogP contribution in [0.2, 0.25) is 0 Å². The normalized spacial score (nSPS) is 14.7. The quantitative estimate of drug-likeness (QED) is 0.774. The summed E-state index contributed by atoms with van der Waals surface area (Å²) < 4.78 is 0. The van der Waals surface area contributed by atoms with E-state index in [0.29, 0.717) is 0 Å². The molecular formula is C11H19N3O. The number of nitrogens with two attached hydrogens (primary N) is 1. The number of hydrogen-bond donors (Lipinski definition) is 2. The molecule has 0 aliphatic heterocycles. The first-order chi connectivity index (χ1) is 7.06. The van der Waals surface area contributed by atoms with Crippen molar-refractivity contribution in [3.8, 4) is 0 Å². The summed E-state index contributed by atoms with van der Waals surface area (Å²) in [4.78, 5) is 6.19. The van der Waals surface area contributed by atoms with Gasteiger partial charge in [0, 0.05) is 19.3 Å². The van der Waals surface area contributed by atoms with Crippen molar-refractivity contribution < 1.29 is 5.11 Å². The second kappa shape index (κ2) is 5.09. The third kappa shape index (κ3) is 2.91. The zero-order chi connectivity index (χ0) is 11.4. The van der Waals surface area contributed by atoms with E-state index in [2.05, 4.69) is 4.98 Å². The summed E-state index contributed by atoms with van der Waals surface area (Å²) in [5.41, 5.74) is 6.85. The first-order valence-corrected chi connectivity index (χ1v) is 5.11. The molecule has 1 aromatic rings. The Morgan fingerprint density at radius 3 is 2.73 bits per heavy atom. The molecule has 1 rings (SSSR count). The molecule has 0 radical (unpaired) electrons. The van der Waals surface area contributed by atoms with Gasteiger partial charge >= 0.3 is 0 Å². The molecule has 0 aromatic carbocycles. The molecule has 0 saturated carbocycles. The van der Waals surface area contributed by atoms with Crippen LogP contribution >= 0.6 is 0 Å². The molecule has 0 spiro atoms. The lowest BCUT2D eigenvalue weighted by atomic mass is 10.1. The predicted octanol–water partition coefficient (Wildman–Crippen LogP) is 0.918. The highest BCUT2D eigenvalue weighted by atomic mass is 16.3. The Kier molecular flexibility index (Phi) is 4.05. The number of aromatic nitrogens is 1. The minimum absolute atomic E-state index is 0.00424. The average molecular weight is 209 g/mol. The van der Waals surface area contributed by atoms with E-state index in [9.17, 15) is 0 Å². The van der Waals surface area contributed by atoms with Crippen molar-refractivity contribution >= 4 is 5.82 Å². The van der Waals surface area contributed by atoms with Gasteiger partial charge in [-0.05, 0) is 31.5 Å². The molecule has 0 saturated heterocycles. The summed E-state index contributed by atoms with van der Waals surface area (Å²) in [5.74, 6) is 0.839. The van der Waals surface area contributed by atoms with E-state index in [1.54, 1.807) is 6.20 Å². The van der Waals surface area contributed by atoms with Gasteiger partial charge < -0.3 is 15.7 Å². The third-order valence-electron chi connectivity index (χ3n) is 2.58. The highest BCUT2D eigenvalue weighted by Crippen LogP contribution is 2.17. The number of aliphatic hydroxyl groups is 1. The van der Waals surface area contributed by atoms with Crippen LogP contribution in [0.15, 0.2) is 18.3 Å². The highest BCUT2D eigenvalue weighted by molar-refractivity contribution is 5.41. The SMILES string of the molecule is CC(N)c1ccnc(N(C)C(C)CO)c1. The van der Waals surface area contributed by atoms with Gasteiger partial charge in [0.25, 0.3) is 0 Å². The predicted molar refractivity (Wildman–Crippen MR) is 61.8 cm³/mol. The Labute approximate surface area is 90.7 Å². The van der Waals surface area contributed by atoms with Gasteiger partial charge in [0.2, 0.25) is 0 Å². The van der Waals surface area contributed by atoms with Crippen molar-refractivity contribution in [2.45, 2.75) is 25.9 Å². The zero-order valence-corrected chi connectivity index (χ0v) is 9.51. The van der Waals surface area contributed by atoms with Crippen LogP contribution in [0.3, 0.4) is 0 Å². The maximum atomic E-state index is 9.05. The Morgan fingerprint density at radius 2 is 2.20 bits per heavy atom. The van der Waals surface area contributed by atoms with Crippen LogP contribution in [0.1, 0.15) is 25.5 Å². The van der Waals surface area contributed by atoms with E-state index in [1.807, 2.05) is 37.9 Å². The smallest absolute Gasteiger partial charge is 0.128 e. The summed E-state index contributed by atoms with van der Waals surface area (Å²) in [7, 11) is 1.91. The number of nitrogens with zero attached hydrogens (tertiary/aromatic N) is 2. The van der Waals surface area contributed by atoms with Gasteiger partial charge in [-0.3, -0.25) is 0 Å². The second-order valence-electron chi connectivity index (χ2n) is 3.88. The van der Waals surface area contributed by atoms with Crippen molar-refractivity contribution in [1.82, 2.24) is 4.98 Å². The Morgan fingerprint density at radius 1 is 1.53 bits per heavy atom. The zero-order valence-electron chi connectivity index (χ0n) is 9.51. The number of likely N-dealkylation sites (N-methyl/N-ethyl adjacent to an activating group) is 1. The molecule has 4 nitrogen and oxygen atoms in total. The Bertz CT molecular complexity index is 314. The maximum absolute atomic E-state index is 9.05. The number of rotatable bonds is 4. The van der Waals surface area contributed by atoms with E-state index < -0.39 is 0 Å². The van der Waals surface area contributed by atoms with Gasteiger partial charge in [0.05, 0.1) is 12.6 Å². The number of pyridine rings is 1. The monoisotopic (exact) mass is 209 g/mol. The van der Waals surface area contributed by atoms with E-state index in [1.165, 1.54) is 0 Å². The first-order valence-electron chi connectivity index (χ1n) is 5.11. The lowest BCUT2D eigenvalue weighted by Gasteiger charge is -2.24. The molecule has 0 bridgehead atoms. The minimum Gasteiger partial charge on any atom is -0.394 e. The molecule has 1 heterocycles. The van der Waals surface area contributed by atoms with Gasteiger partial charge in [-0.2, -0.15) is 0 Å². The molecule has 0 fully saturated rings. The minimum atomic E-state index is 0.00424. The maximum Gasteiger partial charge on any atom is 0.128 e. The van der Waals surface area contributed by atoms with Crippen LogP contribution in [0.5, 0.6) is 0 Å². The number of hydrogen-bond acceptors (Lipinski definition) is 4. The lowest BCUT2D eigenvalue weighted by Crippen LogP contribution is -2.32. The first kappa shape index (κ1) is 11.9. The van der Waals surface area contributed by atoms with Crippen LogP contribution in [-0.2, 0) is 0 Å². The summed E-state index contributed by atoms with van der Waals surface area (Å²) in [6.07, 6.45) is 1.74. The molecule has 4 heteroatoms. The average Bonchev–Trinajstić information content (AvgIpc) is 2.27. The van der Waals surface area contributed by atoms with Gasteiger partial charge in [0.1, 0.15) is 5.82 Å². The number of aliphatic hydroxyl groups excluding tert-OH is 1. The van der Waals surface area contributed by atoms with E-state index in [0.717, 1.165) is 11.4 Å². The molecular weight excluding hydrogens is 190 g/mol. The van der Waals surface area contributed by atoms with Gasteiger partial charge in [-0.15, -0.1) is 0 Å². The van der Waals surface area contributed by atoms with Crippen LogP contribution < -0.4 is 10.6 Å². The molecule has 0 aliphatic carbocycles. The van der Waals surface area contributed by atoms with Gasteiger partial charge in [-0.25, -0.2) is 4.98 Å². The van der Waals surface area contributed by atoms with E-state index >= 15 is 0 Å². The summed E-state index contributed by atoms with van der Waals surface area (Å²) in [6, 6.07) is 3.92. The van der Waals surface area contributed by atoms with Crippen LogP contribution in [0.4, 0.5) is 5.82 Å².